The molecule has 0 spiro atoms. The summed E-state index contributed by atoms with van der Waals surface area (Å²) in [7, 11) is 2.00. The SMILES string of the molecule is Cl.Cn1cncc1CN1CCNCC1c1cccc(F)c1. The number of hydrogen-bond acceptors (Lipinski definition) is 3. The Labute approximate surface area is 130 Å². The van der Waals surface area contributed by atoms with Crippen LogP contribution >= 0.6 is 12.4 Å². The minimum Gasteiger partial charge on any atom is -0.337 e. The third kappa shape index (κ3) is 3.61. The van der Waals surface area contributed by atoms with Gasteiger partial charge < -0.3 is 9.88 Å². The van der Waals surface area contributed by atoms with Gasteiger partial charge in [-0.2, -0.15) is 0 Å². The smallest absolute Gasteiger partial charge is 0.123 e. The van der Waals surface area contributed by atoms with Crippen molar-refractivity contribution < 1.29 is 4.39 Å². The zero-order chi connectivity index (χ0) is 13.9. The van der Waals surface area contributed by atoms with Crippen molar-refractivity contribution in [2.24, 2.45) is 7.05 Å². The van der Waals surface area contributed by atoms with E-state index in [2.05, 4.69) is 15.2 Å². The van der Waals surface area contributed by atoms with Crippen molar-refractivity contribution in [1.29, 1.82) is 0 Å². The first-order valence-corrected chi connectivity index (χ1v) is 6.89. The predicted molar refractivity (Wildman–Crippen MR) is 82.9 cm³/mol. The first-order chi connectivity index (χ1) is 9.74. The number of nitrogens with one attached hydrogen (secondary N) is 1. The maximum Gasteiger partial charge on any atom is 0.123 e. The van der Waals surface area contributed by atoms with Gasteiger partial charge in [0.2, 0.25) is 0 Å². The molecule has 0 aliphatic carbocycles. The molecule has 1 atom stereocenters. The first kappa shape index (κ1) is 15.9. The molecule has 1 N–H and O–H groups in total. The molecule has 1 fully saturated rings. The summed E-state index contributed by atoms with van der Waals surface area (Å²) in [5, 5.41) is 3.39. The van der Waals surface area contributed by atoms with Crippen LogP contribution in [0.1, 0.15) is 17.3 Å². The van der Waals surface area contributed by atoms with Gasteiger partial charge in [-0.05, 0) is 17.7 Å². The molecule has 2 heterocycles. The van der Waals surface area contributed by atoms with Crippen LogP contribution in [0.15, 0.2) is 36.8 Å². The monoisotopic (exact) mass is 310 g/mol. The quantitative estimate of drug-likeness (QED) is 0.943. The number of piperazine rings is 1. The van der Waals surface area contributed by atoms with E-state index in [1.807, 2.05) is 30.2 Å². The predicted octanol–water partition coefficient (Wildman–Crippen LogP) is 2.13. The molecule has 1 aliphatic rings. The number of imidazole rings is 1. The number of benzene rings is 1. The van der Waals surface area contributed by atoms with E-state index in [1.54, 1.807) is 12.1 Å². The number of aryl methyl sites for hydroxylation is 1. The fourth-order valence-electron chi connectivity index (χ4n) is 2.72. The summed E-state index contributed by atoms with van der Waals surface area (Å²) in [5.41, 5.74) is 2.20. The minimum absolute atomic E-state index is 0. The van der Waals surface area contributed by atoms with Gasteiger partial charge >= 0.3 is 0 Å². The van der Waals surface area contributed by atoms with Crippen molar-refractivity contribution >= 4 is 12.4 Å². The normalized spacial score (nSPS) is 19.2. The Morgan fingerprint density at radius 2 is 2.29 bits per heavy atom. The average molecular weight is 311 g/mol. The molecule has 114 valence electrons. The topological polar surface area (TPSA) is 33.1 Å². The Kier molecular flexibility index (Phi) is 5.33. The van der Waals surface area contributed by atoms with Gasteiger partial charge in [-0.1, -0.05) is 12.1 Å². The van der Waals surface area contributed by atoms with E-state index in [9.17, 15) is 4.39 Å². The average Bonchev–Trinajstić information content (AvgIpc) is 2.85. The summed E-state index contributed by atoms with van der Waals surface area (Å²) >= 11 is 0. The summed E-state index contributed by atoms with van der Waals surface area (Å²) < 4.78 is 15.5. The molecule has 1 aromatic carbocycles. The third-order valence-corrected chi connectivity index (χ3v) is 3.87. The Hall–Kier alpha value is -1.43. The van der Waals surface area contributed by atoms with Crippen molar-refractivity contribution in [1.82, 2.24) is 19.8 Å². The van der Waals surface area contributed by atoms with Crippen molar-refractivity contribution in [3.05, 3.63) is 53.9 Å². The van der Waals surface area contributed by atoms with Crippen LogP contribution in [0.25, 0.3) is 0 Å². The Balaban J connectivity index is 0.00000161. The molecular formula is C15H20ClFN4. The summed E-state index contributed by atoms with van der Waals surface area (Å²) in [4.78, 5) is 6.54. The second kappa shape index (κ2) is 7.02. The number of nitrogens with zero attached hydrogens (tertiary/aromatic N) is 3. The standard InChI is InChI=1S/C15H19FN4.ClH/c1-19-11-18-8-14(19)10-20-6-5-17-9-15(20)12-3-2-4-13(16)7-12;/h2-4,7-8,11,15,17H,5-6,9-10H2,1H3;1H. The molecular weight excluding hydrogens is 291 g/mol. The van der Waals surface area contributed by atoms with Crippen LogP contribution in [0, 0.1) is 5.82 Å². The van der Waals surface area contributed by atoms with Crippen molar-refractivity contribution in [2.75, 3.05) is 19.6 Å². The van der Waals surface area contributed by atoms with Crippen LogP contribution in [-0.2, 0) is 13.6 Å². The Morgan fingerprint density at radius 3 is 3.00 bits per heavy atom. The molecule has 1 aliphatic heterocycles. The summed E-state index contributed by atoms with van der Waals surface area (Å²) in [6.07, 6.45) is 3.71. The van der Waals surface area contributed by atoms with E-state index >= 15 is 0 Å². The van der Waals surface area contributed by atoms with Crippen molar-refractivity contribution in [3.63, 3.8) is 0 Å². The number of hydrogen-bond donors (Lipinski definition) is 1. The van der Waals surface area contributed by atoms with Gasteiger partial charge in [0.05, 0.1) is 12.0 Å². The highest BCUT2D eigenvalue weighted by Crippen LogP contribution is 2.24. The molecule has 0 bridgehead atoms. The molecule has 1 unspecified atom stereocenters. The molecule has 2 aromatic rings. The maximum atomic E-state index is 13.4. The largest absolute Gasteiger partial charge is 0.337 e. The van der Waals surface area contributed by atoms with E-state index in [0.29, 0.717) is 0 Å². The van der Waals surface area contributed by atoms with Gasteiger partial charge in [0.15, 0.2) is 0 Å². The van der Waals surface area contributed by atoms with Gasteiger partial charge in [0.1, 0.15) is 5.82 Å². The second-order valence-corrected chi connectivity index (χ2v) is 5.24. The van der Waals surface area contributed by atoms with Gasteiger partial charge in [0.25, 0.3) is 0 Å². The highest BCUT2D eigenvalue weighted by Gasteiger charge is 2.24. The number of halogens is 2. The van der Waals surface area contributed by atoms with E-state index in [1.165, 1.54) is 11.8 Å². The molecule has 21 heavy (non-hydrogen) atoms. The second-order valence-electron chi connectivity index (χ2n) is 5.24. The van der Waals surface area contributed by atoms with Crippen LogP contribution < -0.4 is 5.32 Å². The van der Waals surface area contributed by atoms with Gasteiger partial charge in [-0.25, -0.2) is 9.37 Å². The van der Waals surface area contributed by atoms with Gasteiger partial charge in [-0.3, -0.25) is 4.90 Å². The van der Waals surface area contributed by atoms with Gasteiger partial charge in [-0.15, -0.1) is 12.4 Å². The van der Waals surface area contributed by atoms with E-state index < -0.39 is 0 Å². The van der Waals surface area contributed by atoms with Crippen LogP contribution in [0.3, 0.4) is 0 Å². The maximum absolute atomic E-state index is 13.4. The van der Waals surface area contributed by atoms with Crippen LogP contribution in [0.4, 0.5) is 4.39 Å². The Morgan fingerprint density at radius 1 is 1.43 bits per heavy atom. The summed E-state index contributed by atoms with van der Waals surface area (Å²) in [5.74, 6) is -0.173. The molecule has 0 amide bonds. The molecule has 0 radical (unpaired) electrons. The highest BCUT2D eigenvalue weighted by atomic mass is 35.5. The highest BCUT2D eigenvalue weighted by molar-refractivity contribution is 5.85. The molecule has 4 nitrogen and oxygen atoms in total. The van der Waals surface area contributed by atoms with Gasteiger partial charge in [0, 0.05) is 45.5 Å². The summed E-state index contributed by atoms with van der Waals surface area (Å²) in [6.45, 7) is 3.59. The van der Waals surface area contributed by atoms with E-state index in [0.717, 1.165) is 31.7 Å². The van der Waals surface area contributed by atoms with Crippen molar-refractivity contribution in [2.45, 2.75) is 12.6 Å². The van der Waals surface area contributed by atoms with E-state index in [-0.39, 0.29) is 24.3 Å². The third-order valence-electron chi connectivity index (χ3n) is 3.87. The fourth-order valence-corrected chi connectivity index (χ4v) is 2.72. The van der Waals surface area contributed by atoms with Crippen LogP contribution in [0.2, 0.25) is 0 Å². The molecule has 0 saturated carbocycles. The van der Waals surface area contributed by atoms with E-state index in [4.69, 9.17) is 0 Å². The van der Waals surface area contributed by atoms with Crippen molar-refractivity contribution in [3.8, 4) is 0 Å². The molecule has 1 saturated heterocycles. The zero-order valence-electron chi connectivity index (χ0n) is 12.0. The minimum atomic E-state index is -0.173. The lowest BCUT2D eigenvalue weighted by atomic mass is 10.0. The van der Waals surface area contributed by atoms with Crippen LogP contribution in [-0.4, -0.2) is 34.1 Å². The lowest BCUT2D eigenvalue weighted by molar-refractivity contribution is 0.150. The first-order valence-electron chi connectivity index (χ1n) is 6.89. The number of rotatable bonds is 3. The molecule has 1 aromatic heterocycles. The lowest BCUT2D eigenvalue weighted by Gasteiger charge is -2.36. The number of aromatic nitrogens is 2. The van der Waals surface area contributed by atoms with Crippen LogP contribution in [0.5, 0.6) is 0 Å². The molecule has 6 heteroatoms. The lowest BCUT2D eigenvalue weighted by Crippen LogP contribution is -2.45. The summed E-state index contributed by atoms with van der Waals surface area (Å²) in [6, 6.07) is 7.10. The zero-order valence-corrected chi connectivity index (χ0v) is 12.8. The fraction of sp³-hybridized carbons (Fsp3) is 0.400. The Bertz CT molecular complexity index is 587. The molecule has 3 rings (SSSR count).